The Labute approximate surface area is 134 Å². The number of hydrogen-bond donors (Lipinski definition) is 1. The summed E-state index contributed by atoms with van der Waals surface area (Å²) in [6, 6.07) is 2.95. The standard InChI is InChI=1S/C16H29ClN4/c1-7-21(13(4)11-20(5)6)16-8-14(9-18-12(2)3)15(17)10-19-16/h8,10,12-13,18H,7,9,11H2,1-6H3. The topological polar surface area (TPSA) is 31.4 Å². The van der Waals surface area contributed by atoms with Crippen LogP contribution >= 0.6 is 11.6 Å². The minimum absolute atomic E-state index is 0.407. The lowest BCUT2D eigenvalue weighted by molar-refractivity contribution is 0.372. The van der Waals surface area contributed by atoms with Gasteiger partial charge in [0.25, 0.3) is 0 Å². The molecule has 120 valence electrons. The second-order valence-electron chi connectivity index (χ2n) is 6.07. The summed E-state index contributed by atoms with van der Waals surface area (Å²) in [6.45, 7) is 11.4. The van der Waals surface area contributed by atoms with Gasteiger partial charge in [-0.1, -0.05) is 25.4 Å². The van der Waals surface area contributed by atoms with Gasteiger partial charge in [-0.3, -0.25) is 0 Å². The lowest BCUT2D eigenvalue weighted by atomic mass is 10.2. The number of likely N-dealkylation sites (N-methyl/N-ethyl adjacent to an activating group) is 2. The van der Waals surface area contributed by atoms with Crippen LogP contribution in [0.2, 0.25) is 5.02 Å². The molecule has 0 aromatic carbocycles. The van der Waals surface area contributed by atoms with Crippen molar-refractivity contribution in [3.05, 3.63) is 22.8 Å². The van der Waals surface area contributed by atoms with Crippen molar-refractivity contribution >= 4 is 17.4 Å². The lowest BCUT2D eigenvalue weighted by Gasteiger charge is -2.31. The number of pyridine rings is 1. The zero-order valence-electron chi connectivity index (χ0n) is 14.2. The molecule has 0 bridgehead atoms. The van der Waals surface area contributed by atoms with Gasteiger partial charge in [-0.25, -0.2) is 4.98 Å². The molecule has 5 heteroatoms. The molecule has 1 atom stereocenters. The third-order valence-corrected chi connectivity index (χ3v) is 3.76. The molecule has 1 heterocycles. The van der Waals surface area contributed by atoms with E-state index in [9.17, 15) is 0 Å². The van der Waals surface area contributed by atoms with Crippen molar-refractivity contribution in [1.82, 2.24) is 15.2 Å². The van der Waals surface area contributed by atoms with E-state index < -0.39 is 0 Å². The first-order valence-electron chi connectivity index (χ1n) is 7.64. The van der Waals surface area contributed by atoms with Crippen LogP contribution in [0.15, 0.2) is 12.3 Å². The molecule has 0 aliphatic carbocycles. The van der Waals surface area contributed by atoms with Crippen molar-refractivity contribution in [3.8, 4) is 0 Å². The molecule has 1 aromatic heterocycles. The molecule has 0 saturated carbocycles. The normalized spacial score (nSPS) is 13.0. The van der Waals surface area contributed by atoms with E-state index in [2.05, 4.69) is 68.0 Å². The molecule has 1 rings (SSSR count). The van der Waals surface area contributed by atoms with E-state index in [0.717, 1.165) is 36.0 Å². The molecule has 21 heavy (non-hydrogen) atoms. The van der Waals surface area contributed by atoms with Gasteiger partial charge in [-0.05, 0) is 39.6 Å². The smallest absolute Gasteiger partial charge is 0.129 e. The van der Waals surface area contributed by atoms with E-state index in [4.69, 9.17) is 11.6 Å². The highest BCUT2D eigenvalue weighted by molar-refractivity contribution is 6.31. The summed E-state index contributed by atoms with van der Waals surface area (Å²) in [7, 11) is 4.19. The maximum absolute atomic E-state index is 6.26. The van der Waals surface area contributed by atoms with Crippen LogP contribution < -0.4 is 10.2 Å². The predicted octanol–water partition coefficient (Wildman–Crippen LogP) is 3.01. The van der Waals surface area contributed by atoms with Crippen LogP contribution in [-0.2, 0) is 6.54 Å². The van der Waals surface area contributed by atoms with Crippen molar-refractivity contribution in [2.45, 2.75) is 46.3 Å². The Balaban J connectivity index is 2.91. The molecule has 1 unspecified atom stereocenters. The minimum atomic E-state index is 0.407. The summed E-state index contributed by atoms with van der Waals surface area (Å²) < 4.78 is 0. The largest absolute Gasteiger partial charge is 0.353 e. The molecule has 0 radical (unpaired) electrons. The van der Waals surface area contributed by atoms with Gasteiger partial charge < -0.3 is 15.1 Å². The van der Waals surface area contributed by atoms with Crippen LogP contribution in [0.5, 0.6) is 0 Å². The first-order chi connectivity index (χ1) is 9.85. The fraction of sp³-hybridized carbons (Fsp3) is 0.688. The van der Waals surface area contributed by atoms with E-state index in [1.165, 1.54) is 0 Å². The van der Waals surface area contributed by atoms with Crippen molar-refractivity contribution in [1.29, 1.82) is 0 Å². The quantitative estimate of drug-likeness (QED) is 0.799. The summed E-state index contributed by atoms with van der Waals surface area (Å²) in [5, 5.41) is 4.13. The Morgan fingerprint density at radius 2 is 1.95 bits per heavy atom. The van der Waals surface area contributed by atoms with E-state index >= 15 is 0 Å². The van der Waals surface area contributed by atoms with Crippen LogP contribution in [0.3, 0.4) is 0 Å². The predicted molar refractivity (Wildman–Crippen MR) is 92.3 cm³/mol. The molecular formula is C16H29ClN4. The number of hydrogen-bond acceptors (Lipinski definition) is 4. The van der Waals surface area contributed by atoms with Gasteiger partial charge in [0.2, 0.25) is 0 Å². The minimum Gasteiger partial charge on any atom is -0.353 e. The summed E-state index contributed by atoms with van der Waals surface area (Å²) in [5.74, 6) is 0.997. The number of nitrogens with zero attached hydrogens (tertiary/aromatic N) is 3. The zero-order chi connectivity index (χ0) is 16.0. The van der Waals surface area contributed by atoms with Crippen molar-refractivity contribution < 1.29 is 0 Å². The Morgan fingerprint density at radius 3 is 2.48 bits per heavy atom. The van der Waals surface area contributed by atoms with Gasteiger partial charge in [0, 0.05) is 37.9 Å². The highest BCUT2D eigenvalue weighted by Crippen LogP contribution is 2.22. The van der Waals surface area contributed by atoms with Crippen LogP contribution in [0.1, 0.15) is 33.3 Å². The van der Waals surface area contributed by atoms with Crippen LogP contribution in [-0.4, -0.2) is 49.2 Å². The van der Waals surface area contributed by atoms with E-state index in [1.807, 2.05) is 0 Å². The van der Waals surface area contributed by atoms with Gasteiger partial charge in [0.1, 0.15) is 5.82 Å². The van der Waals surface area contributed by atoms with Crippen LogP contribution in [0, 0.1) is 0 Å². The van der Waals surface area contributed by atoms with Crippen LogP contribution in [0.25, 0.3) is 0 Å². The van der Waals surface area contributed by atoms with E-state index in [1.54, 1.807) is 6.20 Å². The second-order valence-corrected chi connectivity index (χ2v) is 6.47. The number of rotatable bonds is 8. The summed E-state index contributed by atoms with van der Waals surface area (Å²) in [6.07, 6.45) is 1.76. The lowest BCUT2D eigenvalue weighted by Crippen LogP contribution is -2.40. The SMILES string of the molecule is CCN(c1cc(CNC(C)C)c(Cl)cn1)C(C)CN(C)C. The van der Waals surface area contributed by atoms with Crippen molar-refractivity contribution in [2.24, 2.45) is 0 Å². The summed E-state index contributed by atoms with van der Waals surface area (Å²) in [4.78, 5) is 9.03. The Hall–Kier alpha value is -0.840. The summed E-state index contributed by atoms with van der Waals surface area (Å²) in [5.41, 5.74) is 1.10. The average molecular weight is 313 g/mol. The molecule has 0 fully saturated rings. The number of aromatic nitrogens is 1. The van der Waals surface area contributed by atoms with E-state index in [0.29, 0.717) is 12.1 Å². The van der Waals surface area contributed by atoms with Crippen molar-refractivity contribution in [3.63, 3.8) is 0 Å². The number of nitrogens with one attached hydrogen (secondary N) is 1. The Kier molecular flexibility index (Phi) is 7.43. The molecule has 4 nitrogen and oxygen atoms in total. The molecule has 1 N–H and O–H groups in total. The third kappa shape index (κ3) is 5.81. The van der Waals surface area contributed by atoms with Gasteiger partial charge in [-0.2, -0.15) is 0 Å². The van der Waals surface area contributed by atoms with E-state index in [-0.39, 0.29) is 0 Å². The fourth-order valence-electron chi connectivity index (χ4n) is 2.40. The first-order valence-corrected chi connectivity index (χ1v) is 8.02. The summed E-state index contributed by atoms with van der Waals surface area (Å²) >= 11 is 6.26. The monoisotopic (exact) mass is 312 g/mol. The average Bonchev–Trinajstić information content (AvgIpc) is 2.38. The highest BCUT2D eigenvalue weighted by atomic mass is 35.5. The maximum Gasteiger partial charge on any atom is 0.129 e. The Bertz CT molecular complexity index is 434. The molecule has 1 aromatic rings. The first kappa shape index (κ1) is 18.2. The van der Waals surface area contributed by atoms with Gasteiger partial charge in [0.15, 0.2) is 0 Å². The molecule has 0 aliphatic rings. The zero-order valence-corrected chi connectivity index (χ0v) is 14.9. The molecule has 0 amide bonds. The Morgan fingerprint density at radius 1 is 1.29 bits per heavy atom. The number of anilines is 1. The van der Waals surface area contributed by atoms with Gasteiger partial charge in [0.05, 0.1) is 5.02 Å². The van der Waals surface area contributed by atoms with Crippen molar-refractivity contribution in [2.75, 3.05) is 32.1 Å². The van der Waals surface area contributed by atoms with Crippen LogP contribution in [0.4, 0.5) is 5.82 Å². The fourth-order valence-corrected chi connectivity index (χ4v) is 2.57. The number of halogens is 1. The third-order valence-electron chi connectivity index (χ3n) is 3.42. The van der Waals surface area contributed by atoms with Gasteiger partial charge in [-0.15, -0.1) is 0 Å². The second kappa shape index (κ2) is 8.57. The maximum atomic E-state index is 6.26. The molecule has 0 aliphatic heterocycles. The highest BCUT2D eigenvalue weighted by Gasteiger charge is 2.16. The van der Waals surface area contributed by atoms with Gasteiger partial charge >= 0.3 is 0 Å². The molecule has 0 spiro atoms. The molecular weight excluding hydrogens is 284 g/mol. The molecule has 0 saturated heterocycles.